The number of carbonyl (C=O) groups is 2. The number of methoxy groups -OCH3 is 1. The first-order valence-corrected chi connectivity index (χ1v) is 11.9. The molecule has 8 heteroatoms. The summed E-state index contributed by atoms with van der Waals surface area (Å²) in [4.78, 5) is 29.2. The van der Waals surface area contributed by atoms with Crippen molar-refractivity contribution in [1.29, 1.82) is 0 Å². The second kappa shape index (κ2) is 10.1. The molecule has 0 aliphatic heterocycles. The Morgan fingerprint density at radius 1 is 1.12 bits per heavy atom. The fourth-order valence-corrected chi connectivity index (χ4v) is 4.82. The van der Waals surface area contributed by atoms with Crippen molar-refractivity contribution in [2.75, 3.05) is 13.7 Å². The van der Waals surface area contributed by atoms with Gasteiger partial charge in [-0.05, 0) is 56.7 Å². The maximum absolute atomic E-state index is 13.4. The van der Waals surface area contributed by atoms with Gasteiger partial charge in [0.2, 0.25) is 5.91 Å². The van der Waals surface area contributed by atoms with Gasteiger partial charge >= 0.3 is 0 Å². The lowest BCUT2D eigenvalue weighted by Gasteiger charge is -2.25. The van der Waals surface area contributed by atoms with Gasteiger partial charge in [0.15, 0.2) is 0 Å². The minimum atomic E-state index is -0.203. The molecular weight excluding hydrogens is 448 g/mol. The third-order valence-electron chi connectivity index (χ3n) is 5.60. The molecule has 2 aromatic heterocycles. The van der Waals surface area contributed by atoms with Gasteiger partial charge in [-0.1, -0.05) is 30.3 Å². The van der Waals surface area contributed by atoms with Crippen molar-refractivity contribution >= 4 is 33.4 Å². The Bertz CT molecular complexity index is 1290. The van der Waals surface area contributed by atoms with Crippen molar-refractivity contribution in [2.24, 2.45) is 0 Å². The van der Waals surface area contributed by atoms with Gasteiger partial charge in [-0.2, -0.15) is 5.10 Å². The molecule has 7 nitrogen and oxygen atoms in total. The maximum Gasteiger partial charge on any atom is 0.264 e. The number of nitrogens with one attached hydrogen (secondary N) is 1. The quantitative estimate of drug-likeness (QED) is 0.404. The molecule has 0 aliphatic carbocycles. The minimum absolute atomic E-state index is 0.00923. The third-order valence-corrected chi connectivity index (χ3v) is 6.70. The molecule has 2 amide bonds. The van der Waals surface area contributed by atoms with Crippen LogP contribution in [0, 0.1) is 6.92 Å². The molecule has 2 heterocycles. The van der Waals surface area contributed by atoms with Crippen LogP contribution in [0.4, 0.5) is 0 Å². The molecule has 0 atom stereocenters. The van der Waals surface area contributed by atoms with E-state index < -0.39 is 0 Å². The van der Waals surface area contributed by atoms with Crippen LogP contribution < -0.4 is 10.1 Å². The third kappa shape index (κ3) is 4.97. The van der Waals surface area contributed by atoms with Crippen molar-refractivity contribution in [3.8, 4) is 11.4 Å². The Balaban J connectivity index is 1.49. The van der Waals surface area contributed by atoms with E-state index in [0.717, 1.165) is 32.9 Å². The molecule has 2 aromatic carbocycles. The predicted molar refractivity (Wildman–Crippen MR) is 135 cm³/mol. The Kier molecular flexibility index (Phi) is 6.98. The predicted octanol–water partition coefficient (Wildman–Crippen LogP) is 4.57. The Labute approximate surface area is 203 Å². The van der Waals surface area contributed by atoms with Crippen LogP contribution in [0.2, 0.25) is 0 Å². The van der Waals surface area contributed by atoms with Crippen LogP contribution in [0.15, 0.2) is 60.7 Å². The van der Waals surface area contributed by atoms with Crippen molar-refractivity contribution in [3.05, 3.63) is 76.8 Å². The number of carbonyl (C=O) groups excluding carboxylic acids is 2. The highest BCUT2D eigenvalue weighted by Crippen LogP contribution is 2.31. The molecule has 4 aromatic rings. The van der Waals surface area contributed by atoms with Gasteiger partial charge in [0.1, 0.15) is 17.1 Å². The lowest BCUT2D eigenvalue weighted by molar-refractivity contribution is -0.122. The molecule has 0 fully saturated rings. The van der Waals surface area contributed by atoms with Crippen LogP contribution in [-0.2, 0) is 11.3 Å². The van der Waals surface area contributed by atoms with Crippen molar-refractivity contribution < 1.29 is 14.3 Å². The Hall–Kier alpha value is -3.65. The van der Waals surface area contributed by atoms with Crippen LogP contribution in [-0.4, -0.2) is 46.2 Å². The largest absolute Gasteiger partial charge is 0.497 e. The maximum atomic E-state index is 13.4. The van der Waals surface area contributed by atoms with E-state index >= 15 is 0 Å². The van der Waals surface area contributed by atoms with E-state index in [1.807, 2.05) is 86.1 Å². The number of para-hydroxylation sites is 1. The fourth-order valence-electron chi connectivity index (χ4n) is 3.68. The van der Waals surface area contributed by atoms with E-state index in [1.54, 1.807) is 12.0 Å². The van der Waals surface area contributed by atoms with Crippen LogP contribution in [0.5, 0.6) is 5.75 Å². The van der Waals surface area contributed by atoms with E-state index in [9.17, 15) is 9.59 Å². The fraction of sp³-hybridized carbons (Fsp3) is 0.269. The molecule has 0 saturated heterocycles. The number of hydrogen-bond acceptors (Lipinski definition) is 5. The molecule has 0 bridgehead atoms. The zero-order chi connectivity index (χ0) is 24.2. The van der Waals surface area contributed by atoms with Crippen molar-refractivity contribution in [2.45, 2.75) is 33.4 Å². The van der Waals surface area contributed by atoms with E-state index in [2.05, 4.69) is 10.4 Å². The number of nitrogens with zero attached hydrogens (tertiary/aromatic N) is 3. The van der Waals surface area contributed by atoms with Gasteiger partial charge in [-0.3, -0.25) is 9.59 Å². The standard InChI is InChI=1S/C26H28N4O3S/c1-17(2)29(16-24(31)27-15-19-10-12-21(33-4)13-11-19)25(32)23-14-22-18(3)28-30(26(22)34-23)20-8-6-5-7-9-20/h5-14,17H,15-16H2,1-4H3,(H,27,31). The molecule has 0 unspecified atom stereocenters. The number of hydrogen-bond donors (Lipinski definition) is 1. The highest BCUT2D eigenvalue weighted by Gasteiger charge is 2.25. The van der Waals surface area contributed by atoms with Crippen LogP contribution in [0.1, 0.15) is 34.8 Å². The second-order valence-corrected chi connectivity index (χ2v) is 9.34. The first-order chi connectivity index (χ1) is 16.4. The average Bonchev–Trinajstić information content (AvgIpc) is 3.42. The smallest absolute Gasteiger partial charge is 0.264 e. The highest BCUT2D eigenvalue weighted by molar-refractivity contribution is 7.20. The summed E-state index contributed by atoms with van der Waals surface area (Å²) in [6.07, 6.45) is 0. The van der Waals surface area contributed by atoms with E-state index in [0.29, 0.717) is 11.4 Å². The lowest BCUT2D eigenvalue weighted by atomic mass is 10.2. The summed E-state index contributed by atoms with van der Waals surface area (Å²) in [5, 5.41) is 8.50. The summed E-state index contributed by atoms with van der Waals surface area (Å²) in [6.45, 7) is 6.15. The Morgan fingerprint density at radius 3 is 2.47 bits per heavy atom. The SMILES string of the molecule is COc1ccc(CNC(=O)CN(C(=O)c2cc3c(C)nn(-c4ccccc4)c3s2)C(C)C)cc1. The number of aryl methyl sites for hydroxylation is 1. The molecular formula is C26H28N4O3S. The second-order valence-electron chi connectivity index (χ2n) is 8.31. The summed E-state index contributed by atoms with van der Waals surface area (Å²) >= 11 is 1.40. The van der Waals surface area contributed by atoms with E-state index in [1.165, 1.54) is 11.3 Å². The molecule has 0 spiro atoms. The van der Waals surface area contributed by atoms with Gasteiger partial charge in [0.25, 0.3) is 5.91 Å². The summed E-state index contributed by atoms with van der Waals surface area (Å²) < 4.78 is 7.03. The topological polar surface area (TPSA) is 76.5 Å². The monoisotopic (exact) mass is 476 g/mol. The van der Waals surface area contributed by atoms with Crippen molar-refractivity contribution in [1.82, 2.24) is 20.0 Å². The zero-order valence-corrected chi connectivity index (χ0v) is 20.6. The summed E-state index contributed by atoms with van der Waals surface area (Å²) in [7, 11) is 1.61. The van der Waals surface area contributed by atoms with Gasteiger partial charge in [0, 0.05) is 18.0 Å². The van der Waals surface area contributed by atoms with Crippen molar-refractivity contribution in [3.63, 3.8) is 0 Å². The number of fused-ring (bicyclic) bond motifs is 1. The first-order valence-electron chi connectivity index (χ1n) is 11.1. The van der Waals surface area contributed by atoms with Crippen LogP contribution in [0.25, 0.3) is 15.9 Å². The van der Waals surface area contributed by atoms with Crippen LogP contribution >= 0.6 is 11.3 Å². The summed E-state index contributed by atoms with van der Waals surface area (Å²) in [6, 6.07) is 19.1. The first kappa shape index (κ1) is 23.5. The number of amides is 2. The van der Waals surface area contributed by atoms with Gasteiger partial charge in [-0.25, -0.2) is 4.68 Å². The molecule has 0 radical (unpaired) electrons. The average molecular weight is 477 g/mol. The van der Waals surface area contributed by atoms with E-state index in [4.69, 9.17) is 4.74 Å². The summed E-state index contributed by atoms with van der Waals surface area (Å²) in [5.41, 5.74) is 2.77. The normalized spacial score (nSPS) is 11.1. The molecule has 4 rings (SSSR count). The zero-order valence-electron chi connectivity index (χ0n) is 19.7. The number of rotatable bonds is 8. The minimum Gasteiger partial charge on any atom is -0.497 e. The molecule has 0 saturated carbocycles. The Morgan fingerprint density at radius 2 is 1.82 bits per heavy atom. The molecule has 176 valence electrons. The number of thiophene rings is 1. The van der Waals surface area contributed by atoms with Crippen LogP contribution in [0.3, 0.4) is 0 Å². The molecule has 0 aliphatic rings. The van der Waals surface area contributed by atoms with Gasteiger partial charge in [-0.15, -0.1) is 11.3 Å². The van der Waals surface area contributed by atoms with Gasteiger partial charge in [0.05, 0.1) is 23.4 Å². The number of benzene rings is 2. The molecule has 1 N–H and O–H groups in total. The highest BCUT2D eigenvalue weighted by atomic mass is 32.1. The van der Waals surface area contributed by atoms with Gasteiger partial charge < -0.3 is 15.0 Å². The number of aromatic nitrogens is 2. The summed E-state index contributed by atoms with van der Waals surface area (Å²) in [5.74, 6) is 0.404. The van der Waals surface area contributed by atoms with E-state index in [-0.39, 0.29) is 24.4 Å². The molecule has 34 heavy (non-hydrogen) atoms. The number of ether oxygens (including phenoxy) is 1. The lowest BCUT2D eigenvalue weighted by Crippen LogP contribution is -2.44.